The zero-order valence-corrected chi connectivity index (χ0v) is 13.0. The number of hydrogen-bond acceptors (Lipinski definition) is 3. The van der Waals surface area contributed by atoms with E-state index < -0.39 is 0 Å². The zero-order chi connectivity index (χ0) is 15.5. The standard InChI is InChI=1S/C18H20N2O2/c1-13-11-15(12-19-17(13)22-2)16-9-6-10-20(16)18(21)14-7-4-3-5-8-14/h3-5,7-8,11-12,16H,6,9-10H2,1-2H3/t16-/m0/s1. The van der Waals surface area contributed by atoms with Gasteiger partial charge in [-0.15, -0.1) is 0 Å². The number of methoxy groups -OCH3 is 1. The topological polar surface area (TPSA) is 42.4 Å². The van der Waals surface area contributed by atoms with Gasteiger partial charge in [0.05, 0.1) is 13.2 Å². The van der Waals surface area contributed by atoms with E-state index >= 15 is 0 Å². The molecule has 0 spiro atoms. The molecule has 1 fully saturated rings. The first-order chi connectivity index (χ1) is 10.7. The fourth-order valence-corrected chi connectivity index (χ4v) is 3.08. The maximum absolute atomic E-state index is 12.7. The number of ether oxygens (including phenoxy) is 1. The van der Waals surface area contributed by atoms with Crippen LogP contribution in [0, 0.1) is 6.92 Å². The summed E-state index contributed by atoms with van der Waals surface area (Å²) in [6, 6.07) is 11.6. The van der Waals surface area contributed by atoms with Crippen LogP contribution in [-0.4, -0.2) is 29.4 Å². The van der Waals surface area contributed by atoms with Gasteiger partial charge in [-0.3, -0.25) is 4.79 Å². The van der Waals surface area contributed by atoms with Gasteiger partial charge in [0, 0.05) is 23.9 Å². The SMILES string of the molecule is COc1ncc([C@@H]2CCCN2C(=O)c2ccccc2)cc1C. The molecule has 2 aromatic rings. The highest BCUT2D eigenvalue weighted by Crippen LogP contribution is 2.34. The molecule has 1 aliphatic heterocycles. The number of amides is 1. The van der Waals surface area contributed by atoms with Crippen LogP contribution < -0.4 is 4.74 Å². The third-order valence-corrected chi connectivity index (χ3v) is 4.16. The Labute approximate surface area is 130 Å². The minimum atomic E-state index is 0.0940. The van der Waals surface area contributed by atoms with E-state index in [0.29, 0.717) is 5.88 Å². The van der Waals surface area contributed by atoms with E-state index in [9.17, 15) is 4.79 Å². The molecule has 1 saturated heterocycles. The third-order valence-electron chi connectivity index (χ3n) is 4.16. The van der Waals surface area contributed by atoms with Crippen molar-refractivity contribution in [2.75, 3.05) is 13.7 Å². The van der Waals surface area contributed by atoms with Gasteiger partial charge in [0.2, 0.25) is 5.88 Å². The molecular weight excluding hydrogens is 276 g/mol. The molecule has 4 heteroatoms. The van der Waals surface area contributed by atoms with Gasteiger partial charge in [-0.25, -0.2) is 4.98 Å². The van der Waals surface area contributed by atoms with Crippen molar-refractivity contribution in [2.24, 2.45) is 0 Å². The van der Waals surface area contributed by atoms with Gasteiger partial charge in [0.15, 0.2) is 0 Å². The maximum atomic E-state index is 12.7. The van der Waals surface area contributed by atoms with Gasteiger partial charge < -0.3 is 9.64 Å². The normalized spacial score (nSPS) is 17.5. The third kappa shape index (κ3) is 2.69. The van der Waals surface area contributed by atoms with Crippen molar-refractivity contribution in [3.63, 3.8) is 0 Å². The second-order valence-corrected chi connectivity index (χ2v) is 5.62. The molecule has 1 atom stereocenters. The van der Waals surface area contributed by atoms with Gasteiger partial charge in [0.25, 0.3) is 5.91 Å². The quantitative estimate of drug-likeness (QED) is 0.872. The maximum Gasteiger partial charge on any atom is 0.254 e. The molecule has 0 radical (unpaired) electrons. The molecule has 3 rings (SSSR count). The molecule has 1 aliphatic rings. The van der Waals surface area contributed by atoms with E-state index in [1.165, 1.54) is 0 Å². The van der Waals surface area contributed by atoms with E-state index in [-0.39, 0.29) is 11.9 Å². The molecule has 0 bridgehead atoms. The Balaban J connectivity index is 1.87. The first-order valence-electron chi connectivity index (χ1n) is 7.57. The summed E-state index contributed by atoms with van der Waals surface area (Å²) in [6.07, 6.45) is 3.83. The number of hydrogen-bond donors (Lipinski definition) is 0. The van der Waals surface area contributed by atoms with Crippen molar-refractivity contribution in [3.8, 4) is 5.88 Å². The van der Waals surface area contributed by atoms with Crippen LogP contribution in [-0.2, 0) is 0 Å². The molecule has 0 saturated carbocycles. The summed E-state index contributed by atoms with van der Waals surface area (Å²) in [4.78, 5) is 19.0. The molecule has 114 valence electrons. The lowest BCUT2D eigenvalue weighted by atomic mass is 10.0. The van der Waals surface area contributed by atoms with Crippen LogP contribution in [0.4, 0.5) is 0 Å². The molecule has 2 heterocycles. The minimum Gasteiger partial charge on any atom is -0.481 e. The minimum absolute atomic E-state index is 0.0940. The Morgan fingerprint density at radius 2 is 2.09 bits per heavy atom. The van der Waals surface area contributed by atoms with Crippen molar-refractivity contribution >= 4 is 5.91 Å². The van der Waals surface area contributed by atoms with Crippen LogP contribution in [0.1, 0.15) is 40.4 Å². The van der Waals surface area contributed by atoms with Crippen LogP contribution in [0.2, 0.25) is 0 Å². The number of carbonyl (C=O) groups is 1. The van der Waals surface area contributed by atoms with Crippen molar-refractivity contribution in [1.29, 1.82) is 0 Å². The average Bonchev–Trinajstić information content (AvgIpc) is 3.04. The number of rotatable bonds is 3. The summed E-state index contributed by atoms with van der Waals surface area (Å²) in [5.74, 6) is 0.735. The second kappa shape index (κ2) is 6.18. The van der Waals surface area contributed by atoms with Crippen LogP contribution in [0.25, 0.3) is 0 Å². The fraction of sp³-hybridized carbons (Fsp3) is 0.333. The highest BCUT2D eigenvalue weighted by atomic mass is 16.5. The van der Waals surface area contributed by atoms with Crippen molar-refractivity contribution < 1.29 is 9.53 Å². The Bertz CT molecular complexity index is 670. The first-order valence-corrected chi connectivity index (χ1v) is 7.57. The molecule has 1 amide bonds. The number of nitrogens with zero attached hydrogens (tertiary/aromatic N) is 2. The predicted octanol–water partition coefficient (Wildman–Crippen LogP) is 3.38. The Morgan fingerprint density at radius 1 is 1.32 bits per heavy atom. The summed E-state index contributed by atoms with van der Waals surface area (Å²) in [5, 5.41) is 0. The van der Waals surface area contributed by atoms with Crippen molar-refractivity contribution in [1.82, 2.24) is 9.88 Å². The van der Waals surface area contributed by atoms with Gasteiger partial charge in [-0.1, -0.05) is 18.2 Å². The number of likely N-dealkylation sites (tertiary alicyclic amines) is 1. The molecule has 1 aromatic heterocycles. The Morgan fingerprint density at radius 3 is 2.77 bits per heavy atom. The molecular formula is C18H20N2O2. The first kappa shape index (κ1) is 14.6. The molecule has 22 heavy (non-hydrogen) atoms. The lowest BCUT2D eigenvalue weighted by Gasteiger charge is -2.25. The summed E-state index contributed by atoms with van der Waals surface area (Å²) in [5.41, 5.74) is 2.83. The van der Waals surface area contributed by atoms with E-state index in [0.717, 1.165) is 36.1 Å². The number of benzene rings is 1. The number of carbonyl (C=O) groups excluding carboxylic acids is 1. The van der Waals surface area contributed by atoms with Crippen LogP contribution in [0.5, 0.6) is 5.88 Å². The molecule has 4 nitrogen and oxygen atoms in total. The van der Waals surface area contributed by atoms with Crippen LogP contribution in [0.3, 0.4) is 0 Å². The fourth-order valence-electron chi connectivity index (χ4n) is 3.08. The lowest BCUT2D eigenvalue weighted by molar-refractivity contribution is 0.0735. The lowest BCUT2D eigenvalue weighted by Crippen LogP contribution is -2.30. The van der Waals surface area contributed by atoms with E-state index in [4.69, 9.17) is 4.74 Å². The summed E-state index contributed by atoms with van der Waals surface area (Å²) >= 11 is 0. The van der Waals surface area contributed by atoms with Gasteiger partial charge in [-0.2, -0.15) is 0 Å². The van der Waals surface area contributed by atoms with Gasteiger partial charge in [0.1, 0.15) is 0 Å². The smallest absolute Gasteiger partial charge is 0.254 e. The zero-order valence-electron chi connectivity index (χ0n) is 13.0. The van der Waals surface area contributed by atoms with Crippen molar-refractivity contribution in [2.45, 2.75) is 25.8 Å². The second-order valence-electron chi connectivity index (χ2n) is 5.62. The summed E-state index contributed by atoms with van der Waals surface area (Å²) < 4.78 is 5.21. The Kier molecular flexibility index (Phi) is 4.09. The van der Waals surface area contributed by atoms with E-state index in [1.807, 2.05) is 48.4 Å². The summed E-state index contributed by atoms with van der Waals surface area (Å²) in [6.45, 7) is 2.77. The average molecular weight is 296 g/mol. The number of aryl methyl sites for hydroxylation is 1. The van der Waals surface area contributed by atoms with E-state index in [1.54, 1.807) is 7.11 Å². The molecule has 0 aliphatic carbocycles. The predicted molar refractivity (Wildman–Crippen MR) is 85.0 cm³/mol. The van der Waals surface area contributed by atoms with Gasteiger partial charge >= 0.3 is 0 Å². The Hall–Kier alpha value is -2.36. The highest BCUT2D eigenvalue weighted by Gasteiger charge is 2.31. The largest absolute Gasteiger partial charge is 0.481 e. The van der Waals surface area contributed by atoms with Crippen molar-refractivity contribution in [3.05, 3.63) is 59.3 Å². The molecule has 0 N–H and O–H groups in total. The van der Waals surface area contributed by atoms with E-state index in [2.05, 4.69) is 11.1 Å². The summed E-state index contributed by atoms with van der Waals surface area (Å²) in [7, 11) is 1.62. The number of aromatic nitrogens is 1. The van der Waals surface area contributed by atoms with Crippen LogP contribution in [0.15, 0.2) is 42.6 Å². The highest BCUT2D eigenvalue weighted by molar-refractivity contribution is 5.94. The number of pyridine rings is 1. The molecule has 0 unspecified atom stereocenters. The monoisotopic (exact) mass is 296 g/mol. The van der Waals surface area contributed by atoms with Crippen LogP contribution >= 0.6 is 0 Å². The molecule has 1 aromatic carbocycles. The van der Waals surface area contributed by atoms with Gasteiger partial charge in [-0.05, 0) is 43.5 Å².